The molecule has 0 spiro atoms. The van der Waals surface area contributed by atoms with Crippen molar-refractivity contribution in [2.24, 2.45) is 5.92 Å². The van der Waals surface area contributed by atoms with E-state index in [4.69, 9.17) is 11.6 Å². The van der Waals surface area contributed by atoms with Gasteiger partial charge in [-0.1, -0.05) is 23.7 Å². The highest BCUT2D eigenvalue weighted by atomic mass is 35.5. The van der Waals surface area contributed by atoms with E-state index in [2.05, 4.69) is 10.4 Å². The highest BCUT2D eigenvalue weighted by Gasteiger charge is 2.33. The molecule has 1 saturated carbocycles. The van der Waals surface area contributed by atoms with Crippen molar-refractivity contribution < 1.29 is 4.79 Å². The van der Waals surface area contributed by atoms with Gasteiger partial charge in [0.1, 0.15) is 0 Å². The summed E-state index contributed by atoms with van der Waals surface area (Å²) in [6, 6.07) is 17.1. The fourth-order valence-corrected chi connectivity index (χ4v) is 3.11. The topological polar surface area (TPSA) is 46.9 Å². The second-order valence-electron chi connectivity index (χ2n) is 6.34. The lowest BCUT2D eigenvalue weighted by molar-refractivity contribution is 0.0931. The summed E-state index contributed by atoms with van der Waals surface area (Å²) in [5.41, 5.74) is 2.68. The van der Waals surface area contributed by atoms with Crippen LogP contribution in [0, 0.1) is 5.92 Å². The molecule has 0 unspecified atom stereocenters. The summed E-state index contributed by atoms with van der Waals surface area (Å²) in [7, 11) is 0. The molecule has 1 aliphatic rings. The van der Waals surface area contributed by atoms with Crippen LogP contribution in [0.1, 0.15) is 34.8 Å². The molecule has 0 bridgehead atoms. The van der Waals surface area contributed by atoms with Crippen molar-refractivity contribution in [2.75, 3.05) is 0 Å². The quantitative estimate of drug-likeness (QED) is 0.740. The van der Waals surface area contributed by atoms with Gasteiger partial charge in [-0.2, -0.15) is 5.10 Å². The Kier molecular flexibility index (Phi) is 4.28. The van der Waals surface area contributed by atoms with Crippen LogP contribution in [-0.4, -0.2) is 15.7 Å². The average Bonchev–Trinajstić information content (AvgIpc) is 3.33. The fraction of sp³-hybridized carbons (Fsp3) is 0.200. The zero-order chi connectivity index (χ0) is 17.2. The SMILES string of the molecule is O=C(N[C@@H](c1ccc(Cl)cc1)C1CC1)c1ccc(-n2cccn2)cc1. The van der Waals surface area contributed by atoms with Crippen molar-refractivity contribution in [1.29, 1.82) is 0 Å². The van der Waals surface area contributed by atoms with E-state index in [1.165, 1.54) is 0 Å². The highest BCUT2D eigenvalue weighted by Crippen LogP contribution is 2.41. The Bertz CT molecular complexity index is 853. The van der Waals surface area contributed by atoms with Crippen LogP contribution < -0.4 is 5.32 Å². The van der Waals surface area contributed by atoms with Gasteiger partial charge < -0.3 is 5.32 Å². The molecule has 0 aliphatic heterocycles. The van der Waals surface area contributed by atoms with E-state index in [1.54, 1.807) is 10.9 Å². The van der Waals surface area contributed by atoms with Crippen molar-refractivity contribution in [3.8, 4) is 5.69 Å². The summed E-state index contributed by atoms with van der Waals surface area (Å²) >= 11 is 5.98. The van der Waals surface area contributed by atoms with Crippen molar-refractivity contribution in [3.63, 3.8) is 0 Å². The fourth-order valence-electron chi connectivity index (χ4n) is 2.98. The smallest absolute Gasteiger partial charge is 0.251 e. The number of nitrogens with one attached hydrogen (secondary N) is 1. The van der Waals surface area contributed by atoms with Gasteiger partial charge in [0, 0.05) is 23.0 Å². The molecule has 5 heteroatoms. The Hall–Kier alpha value is -2.59. The maximum absolute atomic E-state index is 12.7. The van der Waals surface area contributed by atoms with Crippen molar-refractivity contribution in [3.05, 3.63) is 83.1 Å². The third-order valence-corrected chi connectivity index (χ3v) is 4.76. The predicted molar refractivity (Wildman–Crippen MR) is 97.9 cm³/mol. The van der Waals surface area contributed by atoms with E-state index in [0.29, 0.717) is 16.5 Å². The third kappa shape index (κ3) is 3.59. The van der Waals surface area contributed by atoms with Crippen LogP contribution in [0.15, 0.2) is 67.0 Å². The first-order chi connectivity index (χ1) is 12.2. The van der Waals surface area contributed by atoms with Gasteiger partial charge in [-0.3, -0.25) is 4.79 Å². The van der Waals surface area contributed by atoms with E-state index < -0.39 is 0 Å². The Labute approximate surface area is 151 Å². The summed E-state index contributed by atoms with van der Waals surface area (Å²) in [4.78, 5) is 12.7. The molecule has 1 amide bonds. The first-order valence-electron chi connectivity index (χ1n) is 8.37. The van der Waals surface area contributed by atoms with Gasteiger partial charge in [0.25, 0.3) is 5.91 Å². The number of aromatic nitrogens is 2. The minimum absolute atomic E-state index is 0.0376. The zero-order valence-corrected chi connectivity index (χ0v) is 14.4. The number of nitrogens with zero attached hydrogens (tertiary/aromatic N) is 2. The molecule has 126 valence electrons. The van der Waals surface area contributed by atoms with E-state index in [-0.39, 0.29) is 11.9 Å². The van der Waals surface area contributed by atoms with Crippen LogP contribution in [0.5, 0.6) is 0 Å². The number of benzene rings is 2. The minimum Gasteiger partial charge on any atom is -0.345 e. The Morgan fingerprint density at radius 3 is 2.44 bits per heavy atom. The summed E-state index contributed by atoms with van der Waals surface area (Å²) in [6.07, 6.45) is 5.89. The predicted octanol–water partition coefficient (Wildman–Crippen LogP) is 4.41. The second kappa shape index (κ2) is 6.73. The molecule has 1 aromatic heterocycles. The number of hydrogen-bond acceptors (Lipinski definition) is 2. The minimum atomic E-state index is -0.0566. The molecule has 4 rings (SSSR count). The van der Waals surface area contributed by atoms with E-state index in [0.717, 1.165) is 24.1 Å². The summed E-state index contributed by atoms with van der Waals surface area (Å²) in [6.45, 7) is 0. The summed E-state index contributed by atoms with van der Waals surface area (Å²) in [5.74, 6) is 0.451. The first kappa shape index (κ1) is 15.9. The van der Waals surface area contributed by atoms with Crippen molar-refractivity contribution in [2.45, 2.75) is 18.9 Å². The van der Waals surface area contributed by atoms with Crippen LogP contribution >= 0.6 is 11.6 Å². The molecule has 25 heavy (non-hydrogen) atoms. The van der Waals surface area contributed by atoms with Gasteiger partial charge >= 0.3 is 0 Å². The highest BCUT2D eigenvalue weighted by molar-refractivity contribution is 6.30. The zero-order valence-electron chi connectivity index (χ0n) is 13.6. The molecule has 2 aromatic carbocycles. The molecule has 1 heterocycles. The van der Waals surface area contributed by atoms with E-state index in [9.17, 15) is 4.79 Å². The molecule has 1 atom stereocenters. The van der Waals surface area contributed by atoms with Crippen LogP contribution in [0.25, 0.3) is 5.69 Å². The Balaban J connectivity index is 1.50. The summed E-state index contributed by atoms with van der Waals surface area (Å²) < 4.78 is 1.77. The summed E-state index contributed by atoms with van der Waals surface area (Å²) in [5, 5.41) is 8.08. The largest absolute Gasteiger partial charge is 0.345 e. The molecule has 1 aliphatic carbocycles. The number of carbonyl (C=O) groups excluding carboxylic acids is 1. The Morgan fingerprint density at radius 2 is 1.84 bits per heavy atom. The normalized spacial score (nSPS) is 14.9. The molecular formula is C20H18ClN3O. The standard InChI is InChI=1S/C20H18ClN3O/c21-17-8-4-15(5-9-17)19(14-2-3-14)23-20(25)16-6-10-18(11-7-16)24-13-1-12-22-24/h1,4-14,19H,2-3H2,(H,23,25)/t19-/m1/s1. The molecular weight excluding hydrogens is 334 g/mol. The number of hydrogen-bond donors (Lipinski definition) is 1. The van der Waals surface area contributed by atoms with Crippen molar-refractivity contribution >= 4 is 17.5 Å². The average molecular weight is 352 g/mol. The van der Waals surface area contributed by atoms with Gasteiger partial charge in [0.2, 0.25) is 0 Å². The van der Waals surface area contributed by atoms with E-state index >= 15 is 0 Å². The van der Waals surface area contributed by atoms with Gasteiger partial charge in [0.15, 0.2) is 0 Å². The van der Waals surface area contributed by atoms with Crippen LogP contribution in [0.3, 0.4) is 0 Å². The molecule has 4 nitrogen and oxygen atoms in total. The van der Waals surface area contributed by atoms with Gasteiger partial charge in [-0.05, 0) is 66.8 Å². The van der Waals surface area contributed by atoms with Crippen LogP contribution in [0.4, 0.5) is 0 Å². The van der Waals surface area contributed by atoms with Crippen LogP contribution in [-0.2, 0) is 0 Å². The second-order valence-corrected chi connectivity index (χ2v) is 6.77. The third-order valence-electron chi connectivity index (χ3n) is 4.51. The maximum Gasteiger partial charge on any atom is 0.251 e. The monoisotopic (exact) mass is 351 g/mol. The number of amides is 1. The number of halogens is 1. The first-order valence-corrected chi connectivity index (χ1v) is 8.75. The number of rotatable bonds is 5. The van der Waals surface area contributed by atoms with E-state index in [1.807, 2.05) is 60.8 Å². The lowest BCUT2D eigenvalue weighted by atomic mass is 10.0. The lowest BCUT2D eigenvalue weighted by Crippen LogP contribution is -2.29. The van der Waals surface area contributed by atoms with Crippen molar-refractivity contribution in [1.82, 2.24) is 15.1 Å². The Morgan fingerprint density at radius 1 is 1.12 bits per heavy atom. The van der Waals surface area contributed by atoms with Gasteiger partial charge in [-0.25, -0.2) is 4.68 Å². The maximum atomic E-state index is 12.7. The van der Waals surface area contributed by atoms with Crippen LogP contribution in [0.2, 0.25) is 5.02 Å². The lowest BCUT2D eigenvalue weighted by Gasteiger charge is -2.19. The molecule has 3 aromatic rings. The molecule has 0 saturated heterocycles. The molecule has 1 N–H and O–H groups in total. The number of carbonyl (C=O) groups is 1. The van der Waals surface area contributed by atoms with Gasteiger partial charge in [-0.15, -0.1) is 0 Å². The molecule has 1 fully saturated rings. The van der Waals surface area contributed by atoms with Gasteiger partial charge in [0.05, 0.1) is 11.7 Å². The molecule has 0 radical (unpaired) electrons.